The highest BCUT2D eigenvalue weighted by molar-refractivity contribution is 6.10. The van der Waals surface area contributed by atoms with Crippen molar-refractivity contribution in [2.45, 2.75) is 119 Å². The third kappa shape index (κ3) is 13.3. The third-order valence-corrected chi connectivity index (χ3v) is 13.3. The molecule has 2 heterocycles. The van der Waals surface area contributed by atoms with E-state index in [0.717, 1.165) is 44.1 Å². The van der Waals surface area contributed by atoms with Crippen LogP contribution >= 0.6 is 0 Å². The summed E-state index contributed by atoms with van der Waals surface area (Å²) in [7, 11) is 1.64. The normalized spacial score (nSPS) is 17.2. The number of carbonyl (C=O) groups excluding carboxylic acids is 8. The Morgan fingerprint density at radius 1 is 0.829 bits per heavy atom. The lowest BCUT2D eigenvalue weighted by molar-refractivity contribution is -0.145. The SMILES string of the molecule is CN[C@@H](CCCN=C(N)N)C(=O)N[C@@H](Cc1c[nH]c2ccccc12)C(=O)N[C@@H](CCCCN[C@@H](Cc1ccc2ccccc2c1)C(=O)C[C@@H]1NC(=O)N(C2(C(=O)NCC=O)CCCCC2)C1=O)C(N)=O. The maximum absolute atomic E-state index is 14.3. The zero-order valence-electron chi connectivity index (χ0n) is 39.6. The van der Waals surface area contributed by atoms with Gasteiger partial charge >= 0.3 is 6.03 Å². The third-order valence-electron chi connectivity index (χ3n) is 13.3. The molecule has 7 amide bonds. The second-order valence-electron chi connectivity index (χ2n) is 18.1. The number of urea groups is 1. The number of nitrogens with one attached hydrogen (secondary N) is 7. The number of aldehydes is 1. The Morgan fingerprint density at radius 3 is 2.26 bits per heavy atom. The monoisotopic (exact) mass is 963 g/mol. The van der Waals surface area contributed by atoms with Crippen LogP contribution in [0.5, 0.6) is 0 Å². The maximum Gasteiger partial charge on any atom is 0.325 e. The number of fused-ring (bicyclic) bond motifs is 2. The Morgan fingerprint density at radius 2 is 1.53 bits per heavy atom. The fraction of sp³-hybridized carbons (Fsp3) is 0.460. The number of rotatable bonds is 27. The minimum Gasteiger partial charge on any atom is -0.370 e. The topological polar surface area (TPSA) is 318 Å². The van der Waals surface area contributed by atoms with Crippen molar-refractivity contribution in [1.82, 2.24) is 41.8 Å². The molecule has 20 heteroatoms. The van der Waals surface area contributed by atoms with Crippen LogP contribution < -0.4 is 49.1 Å². The predicted octanol–water partition coefficient (Wildman–Crippen LogP) is 1.23. The number of benzene rings is 3. The zero-order chi connectivity index (χ0) is 50.2. The standard InChI is InChI=1S/C50H66N12O8/c1-54-38(17-11-23-57-48(52)53)44(66)60-40(28-34-30-58-36-15-6-5-14-35(34)36)45(67)59-37(43(51)65)16-7-10-22-55-39(27-31-18-19-32-12-3-4-13-33(32)26-31)42(64)29-41-46(68)62(49(70)61-41)50(20-8-2-9-21-50)47(69)56-24-25-63/h3-6,12-15,18-19,25-26,30,37-41,54-55,58H,2,7-11,16-17,20-24,27-29H2,1H3,(H2,51,65)(H,56,69)(H,59,67)(H,60,66)(H,61,70)(H4,52,53,57)/t37-,38-,39-,40-,41-/m0/s1. The van der Waals surface area contributed by atoms with E-state index in [1.54, 1.807) is 13.2 Å². The molecule has 374 valence electrons. The lowest BCUT2D eigenvalue weighted by atomic mass is 9.79. The molecular weight excluding hydrogens is 897 g/mol. The Hall–Kier alpha value is -7.19. The van der Waals surface area contributed by atoms with Gasteiger partial charge in [-0.15, -0.1) is 0 Å². The molecule has 1 saturated carbocycles. The molecule has 1 aromatic heterocycles. The average Bonchev–Trinajstić information content (AvgIpc) is 3.89. The summed E-state index contributed by atoms with van der Waals surface area (Å²) in [5.41, 5.74) is 17.8. The van der Waals surface area contributed by atoms with Crippen molar-refractivity contribution in [1.29, 1.82) is 0 Å². The summed E-state index contributed by atoms with van der Waals surface area (Å²) < 4.78 is 0. The number of aromatic amines is 1. The van der Waals surface area contributed by atoms with E-state index < -0.39 is 71.3 Å². The van der Waals surface area contributed by atoms with Crippen molar-refractivity contribution in [2.75, 3.05) is 26.7 Å². The van der Waals surface area contributed by atoms with Crippen LogP contribution in [-0.2, 0) is 46.4 Å². The molecule has 1 aliphatic heterocycles. The van der Waals surface area contributed by atoms with E-state index in [-0.39, 0.29) is 56.8 Å². The molecule has 0 spiro atoms. The van der Waals surface area contributed by atoms with E-state index in [0.29, 0.717) is 57.9 Å². The number of para-hydroxylation sites is 1. The Kier molecular flexibility index (Phi) is 18.6. The van der Waals surface area contributed by atoms with Gasteiger partial charge in [-0.3, -0.25) is 33.8 Å². The van der Waals surface area contributed by atoms with Gasteiger partial charge in [-0.1, -0.05) is 79.9 Å². The van der Waals surface area contributed by atoms with Crippen LogP contribution in [0.2, 0.25) is 0 Å². The van der Waals surface area contributed by atoms with Crippen LogP contribution in [0.25, 0.3) is 21.7 Å². The molecule has 1 aliphatic carbocycles. The zero-order valence-corrected chi connectivity index (χ0v) is 39.6. The van der Waals surface area contributed by atoms with Crippen molar-refractivity contribution < 1.29 is 38.4 Å². The van der Waals surface area contributed by atoms with E-state index in [1.165, 1.54) is 0 Å². The summed E-state index contributed by atoms with van der Waals surface area (Å²) in [6, 6.07) is 15.7. The quantitative estimate of drug-likeness (QED) is 0.0133. The molecule has 0 unspecified atom stereocenters. The van der Waals surface area contributed by atoms with Crippen LogP contribution in [0, 0.1) is 0 Å². The smallest absolute Gasteiger partial charge is 0.325 e. The fourth-order valence-electron chi connectivity index (χ4n) is 9.53. The van der Waals surface area contributed by atoms with Gasteiger partial charge in [0.1, 0.15) is 30.0 Å². The van der Waals surface area contributed by atoms with Crippen LogP contribution in [0.3, 0.4) is 0 Å². The molecule has 5 atom stereocenters. The number of imide groups is 1. The van der Waals surface area contributed by atoms with E-state index in [9.17, 15) is 38.4 Å². The first-order valence-electron chi connectivity index (χ1n) is 24.0. The number of ketones is 1. The molecule has 2 aliphatic rings. The summed E-state index contributed by atoms with van der Waals surface area (Å²) in [6.07, 6.45) is 6.75. The number of H-pyrrole nitrogens is 1. The second-order valence-corrected chi connectivity index (χ2v) is 18.1. The molecule has 3 aromatic carbocycles. The number of carbonyl (C=O) groups is 8. The molecule has 20 nitrogen and oxygen atoms in total. The van der Waals surface area contributed by atoms with Gasteiger partial charge in [0.15, 0.2) is 11.7 Å². The number of nitrogens with two attached hydrogens (primary N) is 3. The van der Waals surface area contributed by atoms with Gasteiger partial charge in [0.25, 0.3) is 5.91 Å². The average molecular weight is 963 g/mol. The van der Waals surface area contributed by atoms with E-state index in [2.05, 4.69) is 41.9 Å². The lowest BCUT2D eigenvalue weighted by Gasteiger charge is -2.41. The number of likely N-dealkylation sites (N-methyl/N-ethyl adjacent to an activating group) is 1. The first kappa shape index (κ1) is 52.2. The molecule has 2 fully saturated rings. The van der Waals surface area contributed by atoms with Crippen LogP contribution in [0.15, 0.2) is 77.9 Å². The number of amides is 7. The highest BCUT2D eigenvalue weighted by Gasteiger charge is 2.55. The van der Waals surface area contributed by atoms with Gasteiger partial charge in [-0.25, -0.2) is 9.69 Å². The minimum absolute atomic E-state index is 0.0533. The number of aliphatic imine (C=N–C) groups is 1. The maximum atomic E-state index is 14.3. The summed E-state index contributed by atoms with van der Waals surface area (Å²) in [5.74, 6) is -3.42. The number of nitrogens with zero attached hydrogens (tertiary/aromatic N) is 2. The number of Topliss-reactive ketones (excluding diaryl/α,β-unsaturated/α-hetero) is 1. The van der Waals surface area contributed by atoms with Crippen molar-refractivity contribution in [3.8, 4) is 0 Å². The Bertz CT molecular complexity index is 2550. The van der Waals surface area contributed by atoms with E-state index in [1.807, 2.05) is 66.7 Å². The molecule has 6 rings (SSSR count). The molecule has 70 heavy (non-hydrogen) atoms. The molecule has 0 bridgehead atoms. The lowest BCUT2D eigenvalue weighted by Crippen LogP contribution is -2.62. The minimum atomic E-state index is -1.47. The van der Waals surface area contributed by atoms with Gasteiger partial charge in [0.2, 0.25) is 23.6 Å². The first-order valence-corrected chi connectivity index (χ1v) is 24.0. The van der Waals surface area contributed by atoms with Gasteiger partial charge in [0, 0.05) is 36.5 Å². The molecule has 1 saturated heterocycles. The molecule has 13 N–H and O–H groups in total. The van der Waals surface area contributed by atoms with Gasteiger partial charge < -0.3 is 58.9 Å². The molecule has 4 aromatic rings. The highest BCUT2D eigenvalue weighted by atomic mass is 16.2. The summed E-state index contributed by atoms with van der Waals surface area (Å²) >= 11 is 0. The summed E-state index contributed by atoms with van der Waals surface area (Å²) in [6.45, 7) is 0.356. The molecule has 0 radical (unpaired) electrons. The highest BCUT2D eigenvalue weighted by Crippen LogP contribution is 2.37. The van der Waals surface area contributed by atoms with Gasteiger partial charge in [-0.05, 0) is 92.9 Å². The van der Waals surface area contributed by atoms with Gasteiger partial charge in [-0.2, -0.15) is 0 Å². The summed E-state index contributed by atoms with van der Waals surface area (Å²) in [4.78, 5) is 115. The number of unbranched alkanes of at least 4 members (excludes halogenated alkanes) is 1. The number of aromatic nitrogens is 1. The van der Waals surface area contributed by atoms with Crippen LogP contribution in [0.4, 0.5) is 4.79 Å². The number of primary amides is 1. The van der Waals surface area contributed by atoms with Crippen molar-refractivity contribution >= 4 is 75.3 Å². The predicted molar refractivity (Wildman–Crippen MR) is 265 cm³/mol. The van der Waals surface area contributed by atoms with Crippen molar-refractivity contribution in [3.63, 3.8) is 0 Å². The van der Waals surface area contributed by atoms with Crippen molar-refractivity contribution in [2.24, 2.45) is 22.2 Å². The number of hydrogen-bond acceptors (Lipinski definition) is 11. The molecular formula is C50H66N12O8. The number of hydrogen-bond donors (Lipinski definition) is 10. The second kappa shape index (κ2) is 24.9. The fourth-order valence-corrected chi connectivity index (χ4v) is 9.53. The Labute approximate surface area is 406 Å². The van der Waals surface area contributed by atoms with Crippen LogP contribution in [-0.4, -0.2) is 126 Å². The number of guanidine groups is 1. The van der Waals surface area contributed by atoms with Gasteiger partial charge in [0.05, 0.1) is 18.6 Å². The largest absolute Gasteiger partial charge is 0.370 e. The first-order chi connectivity index (χ1) is 33.7. The van der Waals surface area contributed by atoms with E-state index in [4.69, 9.17) is 17.2 Å². The van der Waals surface area contributed by atoms with Crippen LogP contribution in [0.1, 0.15) is 81.8 Å². The summed E-state index contributed by atoms with van der Waals surface area (Å²) in [5, 5.41) is 20.0. The Balaban J connectivity index is 1.11. The van der Waals surface area contributed by atoms with Crippen molar-refractivity contribution in [3.05, 3.63) is 84.1 Å². The van der Waals surface area contributed by atoms with E-state index >= 15 is 0 Å².